The molecule has 1 fully saturated rings. The first-order valence-corrected chi connectivity index (χ1v) is 6.96. The lowest BCUT2D eigenvalue weighted by Crippen LogP contribution is -2.22. The van der Waals surface area contributed by atoms with Gasteiger partial charge in [0.25, 0.3) is 0 Å². The number of hydrogen-bond donors (Lipinski definition) is 0. The standard InChI is InChI=1S/C9H11ClN2O2S/c1-7-8(12-5-4-11-7)6-9(2-3-9)15(10,13)14/h4-5H,2-3,6H2,1H3. The van der Waals surface area contributed by atoms with Crippen LogP contribution in [0, 0.1) is 6.92 Å². The number of aryl methyl sites for hydroxylation is 1. The molecule has 15 heavy (non-hydrogen) atoms. The second-order valence-electron chi connectivity index (χ2n) is 3.89. The van der Waals surface area contributed by atoms with Gasteiger partial charge in [0.1, 0.15) is 0 Å². The minimum Gasteiger partial charge on any atom is -0.258 e. The Morgan fingerprint density at radius 2 is 2.00 bits per heavy atom. The predicted octanol–water partition coefficient (Wildman–Crippen LogP) is 1.43. The highest BCUT2D eigenvalue weighted by Crippen LogP contribution is 2.47. The van der Waals surface area contributed by atoms with Gasteiger partial charge in [-0.15, -0.1) is 0 Å². The molecule has 0 saturated heterocycles. The third kappa shape index (κ3) is 1.99. The number of rotatable bonds is 3. The Morgan fingerprint density at radius 1 is 1.40 bits per heavy atom. The number of nitrogens with zero attached hydrogens (tertiary/aromatic N) is 2. The third-order valence-electron chi connectivity index (χ3n) is 2.80. The first kappa shape index (κ1) is 10.8. The summed E-state index contributed by atoms with van der Waals surface area (Å²) in [7, 11) is 1.91. The van der Waals surface area contributed by atoms with Gasteiger partial charge in [-0.2, -0.15) is 0 Å². The Morgan fingerprint density at radius 3 is 2.47 bits per heavy atom. The zero-order valence-electron chi connectivity index (χ0n) is 8.27. The Bertz CT molecular complexity index is 483. The highest BCUT2D eigenvalue weighted by molar-refractivity contribution is 8.15. The van der Waals surface area contributed by atoms with Crippen LogP contribution in [0.1, 0.15) is 24.2 Å². The Labute approximate surface area is 93.1 Å². The molecule has 0 bridgehead atoms. The van der Waals surface area contributed by atoms with E-state index in [1.165, 1.54) is 0 Å². The van der Waals surface area contributed by atoms with Crippen LogP contribution >= 0.6 is 10.7 Å². The van der Waals surface area contributed by atoms with Crippen LogP contribution in [0.3, 0.4) is 0 Å². The van der Waals surface area contributed by atoms with Crippen LogP contribution in [-0.2, 0) is 15.5 Å². The zero-order valence-corrected chi connectivity index (χ0v) is 9.85. The highest BCUT2D eigenvalue weighted by atomic mass is 35.7. The molecule has 0 amide bonds. The maximum atomic E-state index is 11.3. The summed E-state index contributed by atoms with van der Waals surface area (Å²) in [6, 6.07) is 0. The van der Waals surface area contributed by atoms with E-state index in [-0.39, 0.29) is 0 Å². The molecule has 2 rings (SSSR count). The second-order valence-corrected chi connectivity index (χ2v) is 6.85. The molecular weight excluding hydrogens is 236 g/mol. The van der Waals surface area contributed by atoms with Crippen molar-refractivity contribution in [2.45, 2.75) is 30.9 Å². The smallest absolute Gasteiger partial charge is 0.238 e. The average molecular weight is 247 g/mol. The van der Waals surface area contributed by atoms with E-state index in [2.05, 4.69) is 9.97 Å². The normalized spacial score (nSPS) is 18.8. The van der Waals surface area contributed by atoms with Gasteiger partial charge >= 0.3 is 0 Å². The molecule has 4 nitrogen and oxygen atoms in total. The quantitative estimate of drug-likeness (QED) is 0.757. The summed E-state index contributed by atoms with van der Waals surface area (Å²) >= 11 is 0. The molecule has 0 aromatic carbocycles. The van der Waals surface area contributed by atoms with Crippen molar-refractivity contribution in [2.24, 2.45) is 0 Å². The monoisotopic (exact) mass is 246 g/mol. The van der Waals surface area contributed by atoms with Gasteiger partial charge in [-0.25, -0.2) is 8.42 Å². The lowest BCUT2D eigenvalue weighted by Gasteiger charge is -2.11. The summed E-state index contributed by atoms with van der Waals surface area (Å²) in [6.07, 6.45) is 4.77. The lowest BCUT2D eigenvalue weighted by molar-refractivity contribution is 0.588. The summed E-state index contributed by atoms with van der Waals surface area (Å²) in [6.45, 7) is 1.82. The van der Waals surface area contributed by atoms with Gasteiger partial charge in [0.15, 0.2) is 0 Å². The summed E-state index contributed by atoms with van der Waals surface area (Å²) in [5.41, 5.74) is 1.49. The molecular formula is C9H11ClN2O2S. The van der Waals surface area contributed by atoms with Crippen LogP contribution in [0.4, 0.5) is 0 Å². The molecule has 6 heteroatoms. The van der Waals surface area contributed by atoms with Crippen LogP contribution < -0.4 is 0 Å². The van der Waals surface area contributed by atoms with Crippen molar-refractivity contribution < 1.29 is 8.42 Å². The van der Waals surface area contributed by atoms with Gasteiger partial charge in [0.2, 0.25) is 9.05 Å². The fourth-order valence-corrected chi connectivity index (χ4v) is 3.09. The fourth-order valence-electron chi connectivity index (χ4n) is 1.56. The number of hydrogen-bond acceptors (Lipinski definition) is 4. The molecule has 1 aromatic heterocycles. The van der Waals surface area contributed by atoms with Crippen molar-refractivity contribution in [2.75, 3.05) is 0 Å². The van der Waals surface area contributed by atoms with Crippen molar-refractivity contribution in [3.05, 3.63) is 23.8 Å². The van der Waals surface area contributed by atoms with Crippen molar-refractivity contribution in [1.29, 1.82) is 0 Å². The van der Waals surface area contributed by atoms with E-state index in [0.29, 0.717) is 19.3 Å². The van der Waals surface area contributed by atoms with Crippen LogP contribution in [0.25, 0.3) is 0 Å². The van der Waals surface area contributed by atoms with Crippen molar-refractivity contribution in [1.82, 2.24) is 9.97 Å². The Hall–Kier alpha value is -0.680. The van der Waals surface area contributed by atoms with Gasteiger partial charge in [0.05, 0.1) is 16.1 Å². The fraction of sp³-hybridized carbons (Fsp3) is 0.556. The largest absolute Gasteiger partial charge is 0.258 e. The van der Waals surface area contributed by atoms with E-state index in [1.54, 1.807) is 12.4 Å². The number of aromatic nitrogens is 2. The molecule has 0 atom stereocenters. The predicted molar refractivity (Wildman–Crippen MR) is 57.2 cm³/mol. The third-order valence-corrected chi connectivity index (χ3v) is 5.37. The molecule has 0 aliphatic heterocycles. The first-order chi connectivity index (χ1) is 6.95. The molecule has 0 radical (unpaired) electrons. The summed E-state index contributed by atoms with van der Waals surface area (Å²) in [5.74, 6) is 0. The zero-order chi connectivity index (χ0) is 11.1. The molecule has 1 aliphatic rings. The molecule has 1 aromatic rings. The number of halogens is 1. The molecule has 0 N–H and O–H groups in total. The first-order valence-electron chi connectivity index (χ1n) is 4.65. The second kappa shape index (κ2) is 3.42. The Kier molecular flexibility index (Phi) is 2.47. The summed E-state index contributed by atoms with van der Waals surface area (Å²) < 4.78 is 21.9. The molecule has 1 aliphatic carbocycles. The summed E-state index contributed by atoms with van der Waals surface area (Å²) in [5, 5.41) is 0. The van der Waals surface area contributed by atoms with Crippen LogP contribution in [0.15, 0.2) is 12.4 Å². The van der Waals surface area contributed by atoms with Crippen LogP contribution in [0.5, 0.6) is 0 Å². The highest BCUT2D eigenvalue weighted by Gasteiger charge is 2.54. The molecule has 1 heterocycles. The van der Waals surface area contributed by atoms with Crippen LogP contribution in [-0.4, -0.2) is 23.1 Å². The van der Waals surface area contributed by atoms with Gasteiger partial charge in [-0.1, -0.05) is 0 Å². The van der Waals surface area contributed by atoms with E-state index in [0.717, 1.165) is 11.4 Å². The van der Waals surface area contributed by atoms with E-state index >= 15 is 0 Å². The topological polar surface area (TPSA) is 59.9 Å². The Balaban J connectivity index is 2.28. The van der Waals surface area contributed by atoms with Gasteiger partial charge in [0, 0.05) is 29.5 Å². The molecule has 0 unspecified atom stereocenters. The SMILES string of the molecule is Cc1nccnc1CC1(S(=O)(=O)Cl)CC1. The van der Waals surface area contributed by atoms with E-state index < -0.39 is 13.8 Å². The van der Waals surface area contributed by atoms with Gasteiger partial charge in [-0.3, -0.25) is 9.97 Å². The molecule has 82 valence electrons. The average Bonchev–Trinajstić information content (AvgIpc) is 2.89. The summed E-state index contributed by atoms with van der Waals surface area (Å²) in [4.78, 5) is 8.20. The maximum absolute atomic E-state index is 11.3. The maximum Gasteiger partial charge on any atom is 0.238 e. The van der Waals surface area contributed by atoms with E-state index in [4.69, 9.17) is 10.7 Å². The van der Waals surface area contributed by atoms with Gasteiger partial charge in [-0.05, 0) is 19.8 Å². The van der Waals surface area contributed by atoms with E-state index in [9.17, 15) is 8.42 Å². The van der Waals surface area contributed by atoms with Crippen LogP contribution in [0.2, 0.25) is 0 Å². The molecule has 1 saturated carbocycles. The minimum atomic E-state index is -3.50. The van der Waals surface area contributed by atoms with Crippen molar-refractivity contribution in [3.8, 4) is 0 Å². The van der Waals surface area contributed by atoms with Crippen molar-refractivity contribution >= 4 is 19.7 Å². The van der Waals surface area contributed by atoms with E-state index in [1.807, 2.05) is 6.92 Å². The molecule has 0 spiro atoms. The lowest BCUT2D eigenvalue weighted by atomic mass is 10.2. The minimum absolute atomic E-state index is 0.374. The van der Waals surface area contributed by atoms with Crippen molar-refractivity contribution in [3.63, 3.8) is 0 Å². The van der Waals surface area contributed by atoms with Gasteiger partial charge < -0.3 is 0 Å².